The third-order valence-corrected chi connectivity index (χ3v) is 6.22. The Morgan fingerprint density at radius 3 is 2.17 bits per heavy atom. The molecule has 1 fully saturated rings. The quantitative estimate of drug-likeness (QED) is 0.137. The third-order valence-electron chi connectivity index (χ3n) is 5.09. The summed E-state index contributed by atoms with van der Waals surface area (Å²) in [4.78, 5) is 50.3. The van der Waals surface area contributed by atoms with Crippen molar-refractivity contribution >= 4 is 51.6 Å². The predicted octanol–water partition coefficient (Wildman–Crippen LogP) is 2.12. The average Bonchev–Trinajstić information content (AvgIpc) is 3.23. The van der Waals surface area contributed by atoms with Crippen molar-refractivity contribution in [3.8, 4) is 0 Å². The molecule has 1 aromatic carbocycles. The largest absolute Gasteiger partial charge is 0.463 e. The second kappa shape index (κ2) is 11.9. The number of rotatable bonds is 7. The molecule has 1 aromatic heterocycles. The molecule has 0 aliphatic carbocycles. The number of thioether (sulfide) groups is 1. The highest BCUT2D eigenvalue weighted by Gasteiger charge is 2.52. The van der Waals surface area contributed by atoms with Crippen molar-refractivity contribution in [2.45, 2.75) is 57.5 Å². The number of carbonyl (C=O) groups excluding carboxylic acids is 4. The fraction of sp³-hybridized carbons (Fsp3) is 0.435. The van der Waals surface area contributed by atoms with Crippen LogP contribution >= 0.6 is 11.8 Å². The molecule has 0 radical (unpaired) electrons. The Morgan fingerprint density at radius 1 is 0.944 bits per heavy atom. The number of ether oxygens (including phenoxy) is 5. The highest BCUT2D eigenvalue weighted by Crippen LogP contribution is 2.37. The summed E-state index contributed by atoms with van der Waals surface area (Å²) in [6.45, 7) is 4.27. The van der Waals surface area contributed by atoms with Gasteiger partial charge >= 0.3 is 23.9 Å². The monoisotopic (exact) mass is 522 g/mol. The van der Waals surface area contributed by atoms with Crippen molar-refractivity contribution in [1.29, 1.82) is 0 Å². The highest BCUT2D eigenvalue weighted by atomic mass is 32.2. The van der Waals surface area contributed by atoms with Crippen molar-refractivity contribution in [3.05, 3.63) is 36.0 Å². The van der Waals surface area contributed by atoms with E-state index in [0.29, 0.717) is 5.56 Å². The highest BCUT2D eigenvalue weighted by molar-refractivity contribution is 8.14. The Balaban J connectivity index is 2.02. The van der Waals surface area contributed by atoms with Gasteiger partial charge in [-0.2, -0.15) is 0 Å². The Morgan fingerprint density at radius 2 is 1.56 bits per heavy atom. The molecule has 13 heteroatoms. The van der Waals surface area contributed by atoms with Gasteiger partial charge in [-0.25, -0.2) is 0 Å². The molecule has 2 heterocycles. The summed E-state index contributed by atoms with van der Waals surface area (Å²) in [7, 11) is 0. The van der Waals surface area contributed by atoms with E-state index in [0.717, 1.165) is 43.4 Å². The topological polar surface area (TPSA) is 163 Å². The van der Waals surface area contributed by atoms with Gasteiger partial charge in [0.25, 0.3) is 0 Å². The van der Waals surface area contributed by atoms with E-state index in [1.807, 2.05) is 24.3 Å². The van der Waals surface area contributed by atoms with Crippen LogP contribution in [0.4, 0.5) is 0 Å². The van der Waals surface area contributed by atoms with E-state index in [1.165, 1.54) is 6.92 Å². The number of para-hydroxylation sites is 1. The minimum atomic E-state index is -1.31. The van der Waals surface area contributed by atoms with E-state index in [2.05, 4.69) is 10.1 Å². The van der Waals surface area contributed by atoms with Gasteiger partial charge in [-0.05, 0) is 6.07 Å². The average molecular weight is 523 g/mol. The minimum Gasteiger partial charge on any atom is -0.463 e. The van der Waals surface area contributed by atoms with Crippen LogP contribution in [0, 0.1) is 0 Å². The summed E-state index contributed by atoms with van der Waals surface area (Å²) in [6.07, 6.45) is -3.33. The molecule has 0 amide bonds. The van der Waals surface area contributed by atoms with Crippen LogP contribution in [0.2, 0.25) is 0 Å². The molecule has 0 unspecified atom stereocenters. The fourth-order valence-corrected chi connectivity index (χ4v) is 4.89. The Hall–Kier alpha value is -3.58. The number of nitrogens with one attached hydrogen (secondary N) is 1. The van der Waals surface area contributed by atoms with Crippen LogP contribution in [-0.4, -0.2) is 75.6 Å². The van der Waals surface area contributed by atoms with Gasteiger partial charge in [0.2, 0.25) is 0 Å². The van der Waals surface area contributed by atoms with Crippen LogP contribution in [0.15, 0.2) is 35.6 Å². The minimum absolute atomic E-state index is 0.105. The molecule has 36 heavy (non-hydrogen) atoms. The first-order chi connectivity index (χ1) is 17.1. The number of hydrogen-bond donors (Lipinski definition) is 2. The number of fused-ring (bicyclic) bond motifs is 1. The first kappa shape index (κ1) is 27.0. The lowest BCUT2D eigenvalue weighted by Gasteiger charge is -2.44. The fourth-order valence-electron chi connectivity index (χ4n) is 3.78. The van der Waals surface area contributed by atoms with Gasteiger partial charge in [0.1, 0.15) is 17.8 Å². The van der Waals surface area contributed by atoms with Crippen LogP contribution in [-0.2, 0) is 42.9 Å². The second-order valence-corrected chi connectivity index (χ2v) is 8.93. The molecular formula is C23H26N2O10S. The van der Waals surface area contributed by atoms with Crippen molar-refractivity contribution < 1.29 is 48.1 Å². The van der Waals surface area contributed by atoms with Crippen molar-refractivity contribution in [1.82, 2.24) is 4.98 Å². The van der Waals surface area contributed by atoms with Crippen LogP contribution in [0.3, 0.4) is 0 Å². The zero-order chi connectivity index (χ0) is 26.4. The lowest BCUT2D eigenvalue weighted by atomic mass is 9.99. The summed E-state index contributed by atoms with van der Waals surface area (Å²) in [5, 5.41) is 14.1. The molecule has 5 atom stereocenters. The maximum atomic E-state index is 12.0. The van der Waals surface area contributed by atoms with Gasteiger partial charge in [0.15, 0.2) is 23.7 Å². The van der Waals surface area contributed by atoms with E-state index in [4.69, 9.17) is 23.7 Å². The number of oxime groups is 1. The molecule has 1 saturated heterocycles. The molecule has 194 valence electrons. The lowest BCUT2D eigenvalue weighted by Crippen LogP contribution is -2.61. The maximum absolute atomic E-state index is 12.0. The van der Waals surface area contributed by atoms with Gasteiger partial charge in [0.05, 0.1) is 0 Å². The number of nitrogens with zero attached hydrogens (tertiary/aromatic N) is 1. The maximum Gasteiger partial charge on any atom is 0.303 e. The molecule has 0 bridgehead atoms. The van der Waals surface area contributed by atoms with E-state index >= 15 is 0 Å². The van der Waals surface area contributed by atoms with Gasteiger partial charge in [0, 0.05) is 50.4 Å². The predicted molar refractivity (Wildman–Crippen MR) is 126 cm³/mol. The standard InChI is InChI=1S/C23H26N2O10S/c1-11(26)31-10-18-19(32-12(2)27)20(33-13(3)28)21(34-14(4)29)23(35-18)36-22(25-30)16-9-24-17-8-6-5-7-15(16)17/h5-9,18-21,23-24,30H,10H2,1-4H3/b25-22-/t18-,19-,20+,21-,23+/m1/s1. The summed E-state index contributed by atoms with van der Waals surface area (Å²) in [5.41, 5.74) is 0.201. The van der Waals surface area contributed by atoms with E-state index in [-0.39, 0.29) is 11.7 Å². The summed E-state index contributed by atoms with van der Waals surface area (Å²) in [5.74, 6) is -2.80. The van der Waals surface area contributed by atoms with E-state index in [9.17, 15) is 24.4 Å². The molecule has 1 aliphatic rings. The molecule has 2 aromatic rings. The van der Waals surface area contributed by atoms with Crippen molar-refractivity contribution in [3.63, 3.8) is 0 Å². The molecular weight excluding hydrogens is 496 g/mol. The van der Waals surface area contributed by atoms with Gasteiger partial charge in [-0.1, -0.05) is 35.1 Å². The van der Waals surface area contributed by atoms with Crippen LogP contribution in [0.5, 0.6) is 0 Å². The Labute approximate surface area is 210 Å². The van der Waals surface area contributed by atoms with Gasteiger partial charge in [-0.3, -0.25) is 19.2 Å². The Bertz CT molecular complexity index is 1160. The zero-order valence-corrected chi connectivity index (χ0v) is 20.8. The summed E-state index contributed by atoms with van der Waals surface area (Å²) >= 11 is 0.886. The van der Waals surface area contributed by atoms with Crippen LogP contribution < -0.4 is 0 Å². The summed E-state index contributed by atoms with van der Waals surface area (Å²) in [6, 6.07) is 7.31. The number of aromatic amines is 1. The van der Waals surface area contributed by atoms with E-state index < -0.39 is 53.7 Å². The third kappa shape index (κ3) is 6.55. The number of hydrogen-bond acceptors (Lipinski definition) is 12. The molecule has 0 saturated carbocycles. The lowest BCUT2D eigenvalue weighted by molar-refractivity contribution is -0.237. The Kier molecular flexibility index (Phi) is 8.93. The molecule has 0 spiro atoms. The summed E-state index contributed by atoms with van der Waals surface area (Å²) < 4.78 is 27.4. The second-order valence-electron chi connectivity index (χ2n) is 7.84. The number of benzene rings is 1. The van der Waals surface area contributed by atoms with Crippen molar-refractivity contribution in [2.24, 2.45) is 5.16 Å². The van der Waals surface area contributed by atoms with Gasteiger partial charge < -0.3 is 33.9 Å². The number of H-pyrrole nitrogens is 1. The number of carbonyl (C=O) groups is 4. The van der Waals surface area contributed by atoms with E-state index in [1.54, 1.807) is 6.20 Å². The van der Waals surface area contributed by atoms with Crippen LogP contribution in [0.1, 0.15) is 33.3 Å². The molecule has 3 rings (SSSR count). The van der Waals surface area contributed by atoms with Gasteiger partial charge in [-0.15, -0.1) is 0 Å². The zero-order valence-electron chi connectivity index (χ0n) is 20.0. The SMILES string of the molecule is CC(=O)OC[C@H]1O[C@@H](S/C(=N\O)c2c[nH]c3ccccc23)[C@H](OC(C)=O)[C@@H](OC(C)=O)[C@@H]1OC(C)=O. The number of esters is 4. The number of aromatic nitrogens is 1. The first-order valence-electron chi connectivity index (χ1n) is 10.9. The van der Waals surface area contributed by atoms with Crippen LogP contribution in [0.25, 0.3) is 10.9 Å². The first-order valence-corrected chi connectivity index (χ1v) is 11.7. The van der Waals surface area contributed by atoms with Crippen molar-refractivity contribution in [2.75, 3.05) is 6.61 Å². The molecule has 1 aliphatic heterocycles. The normalized spacial score (nSPS) is 24.1. The molecule has 2 N–H and O–H groups in total. The molecule has 12 nitrogen and oxygen atoms in total. The smallest absolute Gasteiger partial charge is 0.303 e.